The molecule has 0 bridgehead atoms. The van der Waals surface area contributed by atoms with Gasteiger partial charge in [-0.2, -0.15) is 5.10 Å². The predicted molar refractivity (Wildman–Crippen MR) is 104 cm³/mol. The van der Waals surface area contributed by atoms with Crippen LogP contribution in [0.25, 0.3) is 28.6 Å². The highest BCUT2D eigenvalue weighted by atomic mass is 35.5. The second kappa shape index (κ2) is 7.09. The van der Waals surface area contributed by atoms with Crippen LogP contribution in [0, 0.1) is 5.82 Å². The molecule has 1 aromatic carbocycles. The van der Waals surface area contributed by atoms with E-state index < -0.39 is 5.82 Å². The summed E-state index contributed by atoms with van der Waals surface area (Å²) in [6.07, 6.45) is 3.40. The van der Waals surface area contributed by atoms with Crippen molar-refractivity contribution in [1.29, 1.82) is 0 Å². The number of hydrogen-bond acceptors (Lipinski definition) is 6. The van der Waals surface area contributed by atoms with Gasteiger partial charge in [0.05, 0.1) is 22.5 Å². The van der Waals surface area contributed by atoms with Gasteiger partial charge in [-0.3, -0.25) is 4.79 Å². The third-order valence-corrected chi connectivity index (χ3v) is 5.42. The molecule has 0 spiro atoms. The molecule has 29 heavy (non-hydrogen) atoms. The van der Waals surface area contributed by atoms with Crippen LogP contribution in [0.5, 0.6) is 0 Å². The second-order valence-electron chi connectivity index (χ2n) is 6.92. The van der Waals surface area contributed by atoms with Crippen LogP contribution in [-0.2, 0) is 0 Å². The van der Waals surface area contributed by atoms with Gasteiger partial charge >= 0.3 is 0 Å². The molecule has 0 unspecified atom stereocenters. The number of halogens is 2. The zero-order chi connectivity index (χ0) is 20.0. The van der Waals surface area contributed by atoms with Crippen molar-refractivity contribution in [3.8, 4) is 22.9 Å². The lowest BCUT2D eigenvalue weighted by atomic mass is 9.94. The molecule has 1 saturated heterocycles. The first kappa shape index (κ1) is 18.0. The van der Waals surface area contributed by atoms with Gasteiger partial charge in [-0.15, -0.1) is 10.2 Å². The number of aromatic nitrogens is 5. The van der Waals surface area contributed by atoms with Crippen molar-refractivity contribution in [1.82, 2.24) is 30.1 Å². The Kier molecular flexibility index (Phi) is 4.40. The summed E-state index contributed by atoms with van der Waals surface area (Å²) in [4.78, 5) is 15.1. The fourth-order valence-electron chi connectivity index (χ4n) is 3.69. The maximum Gasteiger partial charge on any atom is 0.253 e. The molecule has 10 heteroatoms. The molecule has 1 aliphatic heterocycles. The Balaban J connectivity index is 1.60. The number of benzene rings is 1. The molecule has 8 nitrogen and oxygen atoms in total. The van der Waals surface area contributed by atoms with Crippen LogP contribution in [0.4, 0.5) is 4.39 Å². The van der Waals surface area contributed by atoms with Crippen LogP contribution in [-0.4, -0.2) is 37.9 Å². The van der Waals surface area contributed by atoms with Crippen molar-refractivity contribution < 1.29 is 8.81 Å². The van der Waals surface area contributed by atoms with Crippen LogP contribution >= 0.6 is 11.6 Å². The molecule has 0 radical (unpaired) electrons. The molecule has 0 aliphatic carbocycles. The monoisotopic (exact) mass is 414 g/mol. The number of piperidine rings is 1. The number of fused-ring (bicyclic) bond motifs is 1. The Morgan fingerprint density at radius 3 is 2.72 bits per heavy atom. The number of hydrogen-bond donors (Lipinski definition) is 2. The fourth-order valence-corrected chi connectivity index (χ4v) is 3.86. The zero-order valence-corrected chi connectivity index (χ0v) is 15.9. The molecule has 0 saturated carbocycles. The van der Waals surface area contributed by atoms with Gasteiger partial charge in [-0.25, -0.2) is 8.91 Å². The van der Waals surface area contributed by atoms with E-state index in [1.165, 1.54) is 12.1 Å². The van der Waals surface area contributed by atoms with E-state index in [0.29, 0.717) is 11.2 Å². The summed E-state index contributed by atoms with van der Waals surface area (Å²) in [5.74, 6) is -0.276. The lowest BCUT2D eigenvalue weighted by Gasteiger charge is -2.23. The molecule has 3 aromatic heterocycles. The largest absolute Gasteiger partial charge is 0.416 e. The van der Waals surface area contributed by atoms with E-state index in [-0.39, 0.29) is 33.8 Å². The van der Waals surface area contributed by atoms with Gasteiger partial charge in [0.15, 0.2) is 5.82 Å². The minimum absolute atomic E-state index is 0.00351. The Bertz CT molecular complexity index is 1260. The molecule has 0 atom stereocenters. The van der Waals surface area contributed by atoms with Crippen LogP contribution in [0.3, 0.4) is 0 Å². The summed E-state index contributed by atoms with van der Waals surface area (Å²) in [6.45, 7) is 1.79. The van der Waals surface area contributed by atoms with Crippen molar-refractivity contribution in [2.75, 3.05) is 13.1 Å². The Labute approximate surface area is 168 Å². The van der Waals surface area contributed by atoms with Crippen LogP contribution in [0.1, 0.15) is 24.5 Å². The van der Waals surface area contributed by atoms with Gasteiger partial charge in [0.25, 0.3) is 17.3 Å². The average molecular weight is 415 g/mol. The number of aromatic amines is 1. The standard InChI is InChI=1S/C19H16ClFN6O2/c20-13-3-1-2-11(16(13)21)18-25-26-19(29-18)12-9-23-27-14(8-15(28)24-17(12)27)10-4-6-22-7-5-10/h1-3,8-10,22H,4-7H2,(H,24,28). The van der Waals surface area contributed by atoms with Crippen LogP contribution in [0.2, 0.25) is 5.02 Å². The first-order valence-corrected chi connectivity index (χ1v) is 9.59. The normalized spacial score (nSPS) is 15.2. The third kappa shape index (κ3) is 3.12. The van der Waals surface area contributed by atoms with Crippen molar-refractivity contribution in [3.05, 3.63) is 57.3 Å². The lowest BCUT2D eigenvalue weighted by molar-refractivity contribution is 0.446. The van der Waals surface area contributed by atoms with Gasteiger partial charge < -0.3 is 14.7 Å². The molecular weight excluding hydrogens is 399 g/mol. The zero-order valence-electron chi connectivity index (χ0n) is 15.2. The summed E-state index contributed by atoms with van der Waals surface area (Å²) in [5, 5.41) is 15.7. The first-order chi connectivity index (χ1) is 14.1. The Morgan fingerprint density at radius 1 is 1.17 bits per heavy atom. The molecule has 4 aromatic rings. The van der Waals surface area contributed by atoms with Crippen molar-refractivity contribution in [2.45, 2.75) is 18.8 Å². The van der Waals surface area contributed by atoms with Gasteiger partial charge in [0.2, 0.25) is 0 Å². The minimum atomic E-state index is -0.633. The number of nitrogens with zero attached hydrogens (tertiary/aromatic N) is 4. The summed E-state index contributed by atoms with van der Waals surface area (Å²) in [5.41, 5.74) is 1.66. The van der Waals surface area contributed by atoms with Gasteiger partial charge in [0.1, 0.15) is 11.2 Å². The van der Waals surface area contributed by atoms with Gasteiger partial charge in [-0.1, -0.05) is 17.7 Å². The van der Waals surface area contributed by atoms with Crippen molar-refractivity contribution in [3.63, 3.8) is 0 Å². The van der Waals surface area contributed by atoms with E-state index in [4.69, 9.17) is 16.0 Å². The van der Waals surface area contributed by atoms with Crippen LogP contribution in [0.15, 0.2) is 39.7 Å². The van der Waals surface area contributed by atoms with E-state index >= 15 is 0 Å². The SMILES string of the molecule is O=c1cc(C2CCNCC2)n2ncc(-c3nnc(-c4cccc(Cl)c4F)o3)c2[nH]1. The number of rotatable bonds is 3. The number of H-pyrrole nitrogens is 1. The highest BCUT2D eigenvalue weighted by Crippen LogP contribution is 2.31. The molecule has 2 N–H and O–H groups in total. The van der Waals surface area contributed by atoms with E-state index in [9.17, 15) is 9.18 Å². The summed E-state index contributed by atoms with van der Waals surface area (Å²) in [6, 6.07) is 6.13. The maximum absolute atomic E-state index is 14.3. The molecule has 148 valence electrons. The molecule has 4 heterocycles. The maximum atomic E-state index is 14.3. The van der Waals surface area contributed by atoms with E-state index in [2.05, 4.69) is 25.6 Å². The van der Waals surface area contributed by atoms with Crippen molar-refractivity contribution >= 4 is 17.2 Å². The van der Waals surface area contributed by atoms with E-state index in [1.807, 2.05) is 0 Å². The molecular formula is C19H16ClFN6O2. The quantitative estimate of drug-likeness (QED) is 0.534. The smallest absolute Gasteiger partial charge is 0.253 e. The summed E-state index contributed by atoms with van der Waals surface area (Å²) >= 11 is 5.83. The summed E-state index contributed by atoms with van der Waals surface area (Å²) < 4.78 is 21.7. The van der Waals surface area contributed by atoms with Crippen LogP contribution < -0.4 is 10.9 Å². The van der Waals surface area contributed by atoms with Gasteiger partial charge in [0, 0.05) is 12.0 Å². The fraction of sp³-hybridized carbons (Fsp3) is 0.263. The lowest BCUT2D eigenvalue weighted by Crippen LogP contribution is -2.28. The molecule has 1 aliphatic rings. The average Bonchev–Trinajstić information content (AvgIpc) is 3.37. The minimum Gasteiger partial charge on any atom is -0.416 e. The van der Waals surface area contributed by atoms with Gasteiger partial charge in [-0.05, 0) is 38.1 Å². The predicted octanol–water partition coefficient (Wildman–Crippen LogP) is 3.00. The first-order valence-electron chi connectivity index (χ1n) is 9.22. The third-order valence-electron chi connectivity index (χ3n) is 5.13. The van der Waals surface area contributed by atoms with E-state index in [0.717, 1.165) is 31.6 Å². The second-order valence-corrected chi connectivity index (χ2v) is 7.32. The number of nitrogens with one attached hydrogen (secondary N) is 2. The molecule has 0 amide bonds. The summed E-state index contributed by atoms with van der Waals surface area (Å²) in [7, 11) is 0. The molecule has 1 fully saturated rings. The topological polar surface area (TPSA) is 101 Å². The van der Waals surface area contributed by atoms with E-state index in [1.54, 1.807) is 22.8 Å². The van der Waals surface area contributed by atoms with Crippen molar-refractivity contribution in [2.24, 2.45) is 0 Å². The highest BCUT2D eigenvalue weighted by molar-refractivity contribution is 6.31. The molecule has 5 rings (SSSR count). The highest BCUT2D eigenvalue weighted by Gasteiger charge is 2.23. The Hall–Kier alpha value is -3.04. The Morgan fingerprint density at radius 2 is 1.93 bits per heavy atom.